The molecular weight excluding hydrogens is 220 g/mol. The van der Waals surface area contributed by atoms with Crippen LogP contribution < -0.4 is 0 Å². The van der Waals surface area contributed by atoms with E-state index in [2.05, 4.69) is 0 Å². The van der Waals surface area contributed by atoms with Crippen molar-refractivity contribution in [2.75, 3.05) is 7.05 Å². The molecular formula is C12H16N2O3. The third kappa shape index (κ3) is 1.99. The Morgan fingerprint density at radius 3 is 2.59 bits per heavy atom. The Morgan fingerprint density at radius 1 is 1.41 bits per heavy atom. The summed E-state index contributed by atoms with van der Waals surface area (Å²) < 4.78 is 0. The van der Waals surface area contributed by atoms with Crippen LogP contribution in [-0.2, 0) is 0 Å². The number of hydrogen-bond acceptors (Lipinski definition) is 4. The molecule has 1 aliphatic rings. The number of aliphatic hydroxyl groups is 1. The molecule has 0 radical (unpaired) electrons. The highest BCUT2D eigenvalue weighted by Crippen LogP contribution is 2.26. The van der Waals surface area contributed by atoms with Gasteiger partial charge in [-0.05, 0) is 19.1 Å². The number of aromatic hydroxyl groups is 1. The molecule has 1 aliphatic heterocycles. The van der Waals surface area contributed by atoms with Crippen LogP contribution in [0, 0.1) is 0 Å². The number of phenols is 1. The first-order valence-corrected chi connectivity index (χ1v) is 5.54. The quantitative estimate of drug-likeness (QED) is 0.756. The lowest BCUT2D eigenvalue weighted by Gasteiger charge is -2.28. The molecule has 1 amide bonds. The largest absolute Gasteiger partial charge is 0.507 e. The predicted octanol–water partition coefficient (Wildman–Crippen LogP) is 0.792. The minimum absolute atomic E-state index is 0.0716. The Hall–Kier alpha value is -1.59. The summed E-state index contributed by atoms with van der Waals surface area (Å²) in [6, 6.07) is 6.43. The smallest absolute Gasteiger partial charge is 0.274 e. The minimum atomic E-state index is -0.831. The molecule has 0 aromatic heterocycles. The molecule has 0 spiro atoms. The van der Waals surface area contributed by atoms with E-state index in [0.29, 0.717) is 6.42 Å². The first-order valence-electron chi connectivity index (χ1n) is 5.54. The molecule has 92 valence electrons. The maximum absolute atomic E-state index is 12.2. The van der Waals surface area contributed by atoms with Crippen LogP contribution in [-0.4, -0.2) is 45.5 Å². The number of amides is 1. The number of hydrogen-bond donors (Lipinski definition) is 2. The third-order valence-electron chi connectivity index (χ3n) is 3.15. The summed E-state index contributed by atoms with van der Waals surface area (Å²) in [4.78, 5) is 12.2. The number of nitrogens with zero attached hydrogens (tertiary/aromatic N) is 2. The van der Waals surface area contributed by atoms with E-state index in [-0.39, 0.29) is 23.3 Å². The zero-order chi connectivity index (χ0) is 12.6. The van der Waals surface area contributed by atoms with Crippen molar-refractivity contribution in [2.24, 2.45) is 0 Å². The topological polar surface area (TPSA) is 64.0 Å². The highest BCUT2D eigenvalue weighted by molar-refractivity contribution is 5.96. The van der Waals surface area contributed by atoms with Gasteiger partial charge in [-0.1, -0.05) is 12.1 Å². The Kier molecular flexibility index (Phi) is 3.04. The molecule has 0 bridgehead atoms. The predicted molar refractivity (Wildman–Crippen MR) is 62.1 cm³/mol. The maximum atomic E-state index is 12.2. The van der Waals surface area contributed by atoms with Crippen molar-refractivity contribution < 1.29 is 15.0 Å². The van der Waals surface area contributed by atoms with Gasteiger partial charge in [0.05, 0.1) is 5.56 Å². The molecule has 0 aliphatic carbocycles. The average molecular weight is 236 g/mol. The third-order valence-corrected chi connectivity index (χ3v) is 3.15. The molecule has 2 atom stereocenters. The molecule has 1 heterocycles. The lowest BCUT2D eigenvalue weighted by molar-refractivity contribution is -0.0503. The fraction of sp³-hybridized carbons (Fsp3) is 0.417. The average Bonchev–Trinajstić information content (AvgIpc) is 2.53. The lowest BCUT2D eigenvalue weighted by atomic mass is 10.2. The Bertz CT molecular complexity index is 436. The number of phenolic OH excluding ortho intramolecular Hbond substituents is 1. The number of benzene rings is 1. The Morgan fingerprint density at radius 2 is 2.06 bits per heavy atom. The van der Waals surface area contributed by atoms with Crippen LogP contribution in [0.2, 0.25) is 0 Å². The van der Waals surface area contributed by atoms with E-state index in [9.17, 15) is 15.0 Å². The van der Waals surface area contributed by atoms with Crippen molar-refractivity contribution in [3.8, 4) is 5.75 Å². The molecule has 1 fully saturated rings. The number of para-hydroxylation sites is 1. The van der Waals surface area contributed by atoms with Gasteiger partial charge in [-0.15, -0.1) is 0 Å². The summed E-state index contributed by atoms with van der Waals surface area (Å²) in [6.07, 6.45) is -0.322. The van der Waals surface area contributed by atoms with Crippen LogP contribution in [0.1, 0.15) is 23.7 Å². The van der Waals surface area contributed by atoms with Gasteiger partial charge in [0.1, 0.15) is 12.0 Å². The van der Waals surface area contributed by atoms with E-state index in [4.69, 9.17) is 0 Å². The van der Waals surface area contributed by atoms with E-state index in [1.54, 1.807) is 30.3 Å². The number of aliphatic hydroxyl groups excluding tert-OH is 1. The molecule has 1 aromatic carbocycles. The molecule has 2 N–H and O–H groups in total. The molecule has 5 nitrogen and oxygen atoms in total. The minimum Gasteiger partial charge on any atom is -0.507 e. The molecule has 2 unspecified atom stereocenters. The van der Waals surface area contributed by atoms with Gasteiger partial charge >= 0.3 is 0 Å². The van der Waals surface area contributed by atoms with Crippen molar-refractivity contribution in [2.45, 2.75) is 25.6 Å². The van der Waals surface area contributed by atoms with E-state index in [0.717, 1.165) is 0 Å². The second kappa shape index (κ2) is 4.35. The zero-order valence-corrected chi connectivity index (χ0v) is 9.87. The van der Waals surface area contributed by atoms with Crippen molar-refractivity contribution in [3.63, 3.8) is 0 Å². The normalized spacial score (nSPS) is 25.2. The summed E-state index contributed by atoms with van der Waals surface area (Å²) in [6.45, 7) is 1.93. The second-order valence-electron chi connectivity index (χ2n) is 4.31. The lowest BCUT2D eigenvalue weighted by Crippen LogP contribution is -2.44. The van der Waals surface area contributed by atoms with Crippen molar-refractivity contribution >= 4 is 5.91 Å². The van der Waals surface area contributed by atoms with Gasteiger partial charge in [-0.2, -0.15) is 0 Å². The summed E-state index contributed by atoms with van der Waals surface area (Å²) in [5.74, 6) is -0.458. The van der Waals surface area contributed by atoms with Gasteiger partial charge in [0.2, 0.25) is 0 Å². The van der Waals surface area contributed by atoms with Gasteiger partial charge in [0, 0.05) is 19.5 Å². The monoisotopic (exact) mass is 236 g/mol. The Balaban J connectivity index is 2.30. The van der Waals surface area contributed by atoms with Gasteiger partial charge in [-0.25, -0.2) is 10.0 Å². The molecule has 2 rings (SSSR count). The first kappa shape index (κ1) is 11.9. The van der Waals surface area contributed by atoms with E-state index < -0.39 is 6.23 Å². The van der Waals surface area contributed by atoms with Crippen LogP contribution in [0.5, 0.6) is 5.75 Å². The fourth-order valence-electron chi connectivity index (χ4n) is 2.04. The second-order valence-corrected chi connectivity index (χ2v) is 4.31. The van der Waals surface area contributed by atoms with Crippen LogP contribution >= 0.6 is 0 Å². The number of hydrazine groups is 1. The van der Waals surface area contributed by atoms with Crippen LogP contribution in [0.25, 0.3) is 0 Å². The highest BCUT2D eigenvalue weighted by Gasteiger charge is 2.37. The summed E-state index contributed by atoms with van der Waals surface area (Å²) in [7, 11) is 1.75. The first-order chi connectivity index (χ1) is 8.02. The number of carbonyl (C=O) groups is 1. The molecule has 1 aromatic rings. The standard InChI is InChI=1S/C12H16N2O3/c1-8-7-11(16)14(13(8)2)12(17)9-5-3-4-6-10(9)15/h3-6,8,11,15-16H,7H2,1-2H3. The fourth-order valence-corrected chi connectivity index (χ4v) is 2.04. The summed E-state index contributed by atoms with van der Waals surface area (Å²) >= 11 is 0. The van der Waals surface area contributed by atoms with Crippen LogP contribution in [0.3, 0.4) is 0 Å². The highest BCUT2D eigenvalue weighted by atomic mass is 16.3. The van der Waals surface area contributed by atoms with E-state index >= 15 is 0 Å². The van der Waals surface area contributed by atoms with E-state index in [1.807, 2.05) is 6.92 Å². The maximum Gasteiger partial charge on any atom is 0.274 e. The van der Waals surface area contributed by atoms with Gasteiger partial charge in [0.25, 0.3) is 5.91 Å². The van der Waals surface area contributed by atoms with Crippen LogP contribution in [0.4, 0.5) is 0 Å². The van der Waals surface area contributed by atoms with Crippen LogP contribution in [0.15, 0.2) is 24.3 Å². The zero-order valence-electron chi connectivity index (χ0n) is 9.87. The van der Waals surface area contributed by atoms with E-state index in [1.165, 1.54) is 11.1 Å². The van der Waals surface area contributed by atoms with Crippen molar-refractivity contribution in [1.29, 1.82) is 0 Å². The summed E-state index contributed by atoms with van der Waals surface area (Å²) in [5, 5.41) is 22.4. The van der Waals surface area contributed by atoms with Crippen molar-refractivity contribution in [1.82, 2.24) is 10.0 Å². The molecule has 0 saturated carbocycles. The van der Waals surface area contributed by atoms with Gasteiger partial charge in [0.15, 0.2) is 0 Å². The molecule has 17 heavy (non-hydrogen) atoms. The Labute approximate surface area is 99.9 Å². The summed E-state index contributed by atoms with van der Waals surface area (Å²) in [5.41, 5.74) is 0.201. The number of carbonyl (C=O) groups excluding carboxylic acids is 1. The van der Waals surface area contributed by atoms with Gasteiger partial charge in [-0.3, -0.25) is 4.79 Å². The molecule has 1 saturated heterocycles. The SMILES string of the molecule is CC1CC(O)N(C(=O)c2ccccc2O)N1C. The number of rotatable bonds is 1. The van der Waals surface area contributed by atoms with Gasteiger partial charge < -0.3 is 10.2 Å². The molecule has 5 heteroatoms. The van der Waals surface area contributed by atoms with Crippen molar-refractivity contribution in [3.05, 3.63) is 29.8 Å².